The average molecular weight is 212 g/mol. The maximum atomic E-state index is 11.9. The van der Waals surface area contributed by atoms with Crippen LogP contribution in [0.5, 0.6) is 0 Å². The van der Waals surface area contributed by atoms with Crippen LogP contribution in [0.3, 0.4) is 0 Å². The number of fused-ring (bicyclic) bond motifs is 1. The van der Waals surface area contributed by atoms with Crippen LogP contribution in [0.1, 0.15) is 22.5 Å². The number of carbonyl (C=O) groups is 1. The number of allylic oxidation sites excluding steroid dienone is 4. The largest absolute Gasteiger partial charge is 0.405 e. The Hall–Kier alpha value is -2.16. The number of pyridine rings is 1. The summed E-state index contributed by atoms with van der Waals surface area (Å²) in [6, 6.07) is 3.58. The van der Waals surface area contributed by atoms with Crippen LogP contribution in [0, 0.1) is 0 Å². The highest BCUT2D eigenvalue weighted by Gasteiger charge is 2.14. The number of hydrogen-bond donors (Lipinski definition) is 1. The number of nitrogens with zero attached hydrogens (tertiary/aromatic N) is 1. The number of rotatable bonds is 1. The summed E-state index contributed by atoms with van der Waals surface area (Å²) in [5.74, 6) is 0.0878. The predicted octanol–water partition coefficient (Wildman–Crippen LogP) is 2.08. The molecular weight excluding hydrogens is 200 g/mol. The van der Waals surface area contributed by atoms with Crippen LogP contribution in [-0.4, -0.2) is 10.8 Å². The summed E-state index contributed by atoms with van der Waals surface area (Å²) in [4.78, 5) is 16.1. The maximum absolute atomic E-state index is 11.9. The van der Waals surface area contributed by atoms with Crippen LogP contribution >= 0.6 is 0 Å². The van der Waals surface area contributed by atoms with Gasteiger partial charge in [-0.05, 0) is 36.1 Å². The van der Waals surface area contributed by atoms with Gasteiger partial charge < -0.3 is 5.73 Å². The average Bonchev–Trinajstić information content (AvgIpc) is 2.47. The first-order valence-electron chi connectivity index (χ1n) is 5.05. The van der Waals surface area contributed by atoms with E-state index in [9.17, 15) is 4.79 Å². The van der Waals surface area contributed by atoms with Crippen LogP contribution in [0.2, 0.25) is 0 Å². The van der Waals surface area contributed by atoms with Gasteiger partial charge in [0.2, 0.25) is 0 Å². The van der Waals surface area contributed by atoms with E-state index < -0.39 is 0 Å². The van der Waals surface area contributed by atoms with Crippen molar-refractivity contribution < 1.29 is 4.79 Å². The monoisotopic (exact) mass is 212 g/mol. The first-order chi connectivity index (χ1) is 7.81. The quantitative estimate of drug-likeness (QED) is 0.775. The van der Waals surface area contributed by atoms with Gasteiger partial charge >= 0.3 is 0 Å². The Morgan fingerprint density at radius 3 is 3.06 bits per heavy atom. The Bertz CT molecular complexity index is 498. The van der Waals surface area contributed by atoms with E-state index in [0.29, 0.717) is 12.0 Å². The van der Waals surface area contributed by atoms with Gasteiger partial charge in [0, 0.05) is 18.2 Å². The number of ketones is 1. The molecule has 1 aromatic rings. The van der Waals surface area contributed by atoms with Gasteiger partial charge in [0.1, 0.15) is 0 Å². The van der Waals surface area contributed by atoms with E-state index in [4.69, 9.17) is 5.73 Å². The SMILES string of the molecule is N/C=C\C=C1\C=Cc2ncccc2C(=O)C1. The molecule has 1 aliphatic carbocycles. The summed E-state index contributed by atoms with van der Waals surface area (Å²) >= 11 is 0. The molecule has 1 aromatic heterocycles. The van der Waals surface area contributed by atoms with E-state index in [-0.39, 0.29) is 5.78 Å². The molecule has 3 nitrogen and oxygen atoms in total. The van der Waals surface area contributed by atoms with Gasteiger partial charge in [-0.25, -0.2) is 0 Å². The van der Waals surface area contributed by atoms with Gasteiger partial charge in [-0.3, -0.25) is 9.78 Å². The Morgan fingerprint density at radius 1 is 1.38 bits per heavy atom. The van der Waals surface area contributed by atoms with Crippen molar-refractivity contribution in [2.24, 2.45) is 5.73 Å². The van der Waals surface area contributed by atoms with E-state index >= 15 is 0 Å². The van der Waals surface area contributed by atoms with Gasteiger partial charge in [0.25, 0.3) is 0 Å². The Morgan fingerprint density at radius 2 is 2.25 bits per heavy atom. The zero-order chi connectivity index (χ0) is 11.4. The highest BCUT2D eigenvalue weighted by atomic mass is 16.1. The lowest BCUT2D eigenvalue weighted by molar-refractivity contribution is 0.0994. The fraction of sp³-hybridized carbons (Fsp3) is 0.0769. The molecule has 0 radical (unpaired) electrons. The second-order valence-electron chi connectivity index (χ2n) is 3.50. The topological polar surface area (TPSA) is 56.0 Å². The number of Topliss-reactive ketones (excluding diaryl/α,β-unsaturated/α-hetero) is 1. The molecule has 3 heteroatoms. The van der Waals surface area contributed by atoms with Crippen molar-refractivity contribution in [2.45, 2.75) is 6.42 Å². The summed E-state index contributed by atoms with van der Waals surface area (Å²) < 4.78 is 0. The van der Waals surface area contributed by atoms with Crippen molar-refractivity contribution in [1.82, 2.24) is 4.98 Å². The second-order valence-corrected chi connectivity index (χ2v) is 3.50. The molecule has 0 aromatic carbocycles. The molecule has 1 aliphatic rings. The fourth-order valence-electron chi connectivity index (χ4n) is 1.61. The number of nitrogens with two attached hydrogens (primary N) is 1. The highest BCUT2D eigenvalue weighted by Crippen LogP contribution is 2.19. The van der Waals surface area contributed by atoms with Crippen LogP contribution in [-0.2, 0) is 0 Å². The molecule has 0 amide bonds. The normalized spacial score (nSPS) is 17.8. The zero-order valence-corrected chi connectivity index (χ0v) is 8.76. The Labute approximate surface area is 94.0 Å². The highest BCUT2D eigenvalue weighted by molar-refractivity contribution is 6.01. The van der Waals surface area contributed by atoms with E-state index in [0.717, 1.165) is 11.3 Å². The zero-order valence-electron chi connectivity index (χ0n) is 8.76. The lowest BCUT2D eigenvalue weighted by atomic mass is 10.1. The fourth-order valence-corrected chi connectivity index (χ4v) is 1.61. The Kier molecular flexibility index (Phi) is 2.96. The molecule has 0 saturated carbocycles. The number of carbonyl (C=O) groups excluding carboxylic acids is 1. The van der Waals surface area contributed by atoms with Crippen molar-refractivity contribution in [3.63, 3.8) is 0 Å². The molecule has 0 aliphatic heterocycles. The summed E-state index contributed by atoms with van der Waals surface area (Å²) in [6.07, 6.45) is 10.8. The minimum atomic E-state index is 0.0878. The van der Waals surface area contributed by atoms with Crippen LogP contribution in [0.4, 0.5) is 0 Å². The molecular formula is C13H12N2O. The summed E-state index contributed by atoms with van der Waals surface area (Å²) in [5.41, 5.74) is 7.60. The predicted molar refractivity (Wildman–Crippen MR) is 63.6 cm³/mol. The third kappa shape index (κ3) is 2.08. The van der Waals surface area contributed by atoms with Crippen molar-refractivity contribution in [1.29, 1.82) is 0 Å². The molecule has 0 fully saturated rings. The maximum Gasteiger partial charge on any atom is 0.169 e. The van der Waals surface area contributed by atoms with E-state index in [1.165, 1.54) is 6.20 Å². The van der Waals surface area contributed by atoms with Crippen LogP contribution in [0.25, 0.3) is 6.08 Å². The molecule has 1 heterocycles. The summed E-state index contributed by atoms with van der Waals surface area (Å²) in [5, 5.41) is 0. The number of hydrogen-bond acceptors (Lipinski definition) is 3. The first-order valence-corrected chi connectivity index (χ1v) is 5.05. The molecule has 16 heavy (non-hydrogen) atoms. The van der Waals surface area contributed by atoms with Crippen molar-refractivity contribution >= 4 is 11.9 Å². The molecule has 2 N–H and O–H groups in total. The molecule has 0 spiro atoms. The van der Waals surface area contributed by atoms with E-state index in [1.54, 1.807) is 24.4 Å². The van der Waals surface area contributed by atoms with Crippen molar-refractivity contribution in [3.8, 4) is 0 Å². The smallest absolute Gasteiger partial charge is 0.169 e. The van der Waals surface area contributed by atoms with Gasteiger partial charge in [-0.2, -0.15) is 0 Å². The first kappa shape index (κ1) is 10.4. The molecule has 80 valence electrons. The minimum Gasteiger partial charge on any atom is -0.405 e. The minimum absolute atomic E-state index is 0.0878. The second kappa shape index (κ2) is 4.57. The van der Waals surface area contributed by atoms with Gasteiger partial charge in [-0.1, -0.05) is 12.2 Å². The lowest BCUT2D eigenvalue weighted by Crippen LogP contribution is -2.01. The molecule has 2 rings (SSSR count). The van der Waals surface area contributed by atoms with E-state index in [2.05, 4.69) is 4.98 Å². The van der Waals surface area contributed by atoms with Crippen LogP contribution < -0.4 is 5.73 Å². The van der Waals surface area contributed by atoms with E-state index in [1.807, 2.05) is 18.2 Å². The molecule has 0 bridgehead atoms. The van der Waals surface area contributed by atoms with Gasteiger partial charge in [0.05, 0.1) is 5.69 Å². The molecule has 0 saturated heterocycles. The number of aromatic nitrogens is 1. The van der Waals surface area contributed by atoms with Gasteiger partial charge in [-0.15, -0.1) is 0 Å². The van der Waals surface area contributed by atoms with Crippen LogP contribution in [0.15, 0.2) is 48.3 Å². The van der Waals surface area contributed by atoms with Crippen molar-refractivity contribution in [2.75, 3.05) is 0 Å². The molecule has 0 unspecified atom stereocenters. The standard InChI is InChI=1S/C13H12N2O/c14-7-1-3-10-5-6-12-11(13(16)9-10)4-2-8-15-12/h1-8H,9,14H2/b7-1-,10-3-. The third-order valence-corrected chi connectivity index (χ3v) is 2.38. The summed E-state index contributed by atoms with van der Waals surface area (Å²) in [6.45, 7) is 0. The summed E-state index contributed by atoms with van der Waals surface area (Å²) in [7, 11) is 0. The molecule has 0 atom stereocenters. The Balaban J connectivity index is 2.39. The third-order valence-electron chi connectivity index (χ3n) is 2.38. The lowest BCUT2D eigenvalue weighted by Gasteiger charge is -2.00. The van der Waals surface area contributed by atoms with Gasteiger partial charge in [0.15, 0.2) is 5.78 Å². The van der Waals surface area contributed by atoms with Crippen molar-refractivity contribution in [3.05, 3.63) is 59.6 Å².